The molecule has 2 aliphatic rings. The lowest BCUT2D eigenvalue weighted by atomic mass is 10.1. The van der Waals surface area contributed by atoms with Gasteiger partial charge in [0.05, 0.1) is 29.3 Å². The summed E-state index contributed by atoms with van der Waals surface area (Å²) in [5, 5.41) is 8.89. The van der Waals surface area contributed by atoms with E-state index in [1.807, 2.05) is 44.9 Å². The molecule has 0 bridgehead atoms. The Morgan fingerprint density at radius 1 is 1.12 bits per heavy atom. The van der Waals surface area contributed by atoms with Crippen LogP contribution in [0.1, 0.15) is 34.5 Å². The van der Waals surface area contributed by atoms with E-state index in [0.29, 0.717) is 18.7 Å². The number of nitrogens with zero attached hydrogens (tertiary/aromatic N) is 5. The molecule has 132 valence electrons. The lowest BCUT2D eigenvalue weighted by Gasteiger charge is -2.27. The number of hydrogen-bond acceptors (Lipinski definition) is 3. The third-order valence-corrected chi connectivity index (χ3v) is 5.25. The molecule has 0 N–H and O–H groups in total. The summed E-state index contributed by atoms with van der Waals surface area (Å²) in [6, 6.07) is 10.1. The van der Waals surface area contributed by atoms with E-state index < -0.39 is 0 Å². The van der Waals surface area contributed by atoms with Gasteiger partial charge >= 0.3 is 0 Å². The minimum absolute atomic E-state index is 0.0603. The van der Waals surface area contributed by atoms with Crippen LogP contribution in [0.3, 0.4) is 0 Å². The van der Waals surface area contributed by atoms with E-state index in [1.54, 1.807) is 6.20 Å². The first-order valence-corrected chi connectivity index (χ1v) is 9.21. The quantitative estimate of drug-likeness (QED) is 0.729. The Bertz CT molecular complexity index is 938. The summed E-state index contributed by atoms with van der Waals surface area (Å²) in [5.74, 6) is 0.810. The van der Waals surface area contributed by atoms with Crippen molar-refractivity contribution >= 4 is 5.91 Å². The molecule has 0 unspecified atom stereocenters. The van der Waals surface area contributed by atoms with Crippen molar-refractivity contribution in [3.63, 3.8) is 0 Å². The van der Waals surface area contributed by atoms with Gasteiger partial charge in [-0.1, -0.05) is 18.2 Å². The molecule has 1 amide bonds. The molecule has 1 fully saturated rings. The highest BCUT2D eigenvalue weighted by molar-refractivity contribution is 5.93. The van der Waals surface area contributed by atoms with Crippen LogP contribution in [0.15, 0.2) is 48.9 Å². The van der Waals surface area contributed by atoms with Gasteiger partial charge in [-0.25, -0.2) is 4.68 Å². The molecule has 0 saturated heterocycles. The second kappa shape index (κ2) is 6.12. The van der Waals surface area contributed by atoms with Crippen LogP contribution >= 0.6 is 0 Å². The molecule has 2 aromatic heterocycles. The van der Waals surface area contributed by atoms with Gasteiger partial charge in [0.1, 0.15) is 0 Å². The van der Waals surface area contributed by atoms with Crippen molar-refractivity contribution in [2.24, 2.45) is 5.92 Å². The molecule has 1 saturated carbocycles. The maximum Gasteiger partial charge on any atom is 0.257 e. The molecular formula is C20H21N5O. The highest BCUT2D eigenvalue weighted by atomic mass is 16.2. The number of carbonyl (C=O) groups excluding carboxylic acids is 1. The SMILES string of the molecule is O=C(c1cnn(CC2CC2)c1)N1CCc2c(cnn2-c2ccccc2)C1. The van der Waals surface area contributed by atoms with Crippen molar-refractivity contribution < 1.29 is 4.79 Å². The van der Waals surface area contributed by atoms with E-state index in [2.05, 4.69) is 22.3 Å². The van der Waals surface area contributed by atoms with E-state index in [0.717, 1.165) is 30.1 Å². The maximum absolute atomic E-state index is 12.8. The number of hydrogen-bond donors (Lipinski definition) is 0. The lowest BCUT2D eigenvalue weighted by Crippen LogP contribution is -2.36. The van der Waals surface area contributed by atoms with Gasteiger partial charge in [0, 0.05) is 37.8 Å². The number of carbonyl (C=O) groups is 1. The summed E-state index contributed by atoms with van der Waals surface area (Å²) in [6.45, 7) is 2.24. The predicted molar refractivity (Wildman–Crippen MR) is 97.0 cm³/mol. The van der Waals surface area contributed by atoms with Gasteiger partial charge in [-0.3, -0.25) is 9.48 Å². The third kappa shape index (κ3) is 2.81. The van der Waals surface area contributed by atoms with Gasteiger partial charge in [0.15, 0.2) is 0 Å². The molecule has 1 aliphatic carbocycles. The van der Waals surface area contributed by atoms with Crippen LogP contribution < -0.4 is 0 Å². The van der Waals surface area contributed by atoms with Gasteiger partial charge in [-0.2, -0.15) is 10.2 Å². The molecule has 6 nitrogen and oxygen atoms in total. The standard InChI is InChI=1S/C20H21N5O/c26-20(17-11-21-24(14-17)12-15-6-7-15)23-9-8-19-16(13-23)10-22-25(19)18-4-2-1-3-5-18/h1-5,10-11,14-15H,6-9,12-13H2. The minimum atomic E-state index is 0.0603. The number of fused-ring (bicyclic) bond motifs is 1. The summed E-state index contributed by atoms with van der Waals surface area (Å²) in [7, 11) is 0. The van der Waals surface area contributed by atoms with Crippen molar-refractivity contribution in [1.29, 1.82) is 0 Å². The van der Waals surface area contributed by atoms with E-state index in [9.17, 15) is 4.79 Å². The Morgan fingerprint density at radius 2 is 1.96 bits per heavy atom. The lowest BCUT2D eigenvalue weighted by molar-refractivity contribution is 0.0733. The summed E-state index contributed by atoms with van der Waals surface area (Å²) >= 11 is 0. The normalized spacial score (nSPS) is 16.5. The summed E-state index contributed by atoms with van der Waals surface area (Å²) in [4.78, 5) is 14.7. The Morgan fingerprint density at radius 3 is 2.77 bits per heavy atom. The van der Waals surface area contributed by atoms with Gasteiger partial charge in [0.2, 0.25) is 0 Å². The smallest absolute Gasteiger partial charge is 0.257 e. The Labute approximate surface area is 152 Å². The van der Waals surface area contributed by atoms with Gasteiger partial charge in [-0.05, 0) is 30.9 Å². The van der Waals surface area contributed by atoms with Crippen molar-refractivity contribution in [3.05, 3.63) is 65.7 Å². The molecule has 6 heteroatoms. The van der Waals surface area contributed by atoms with Crippen molar-refractivity contribution in [1.82, 2.24) is 24.5 Å². The number of rotatable bonds is 4. The van der Waals surface area contributed by atoms with E-state index in [-0.39, 0.29) is 5.91 Å². The monoisotopic (exact) mass is 347 g/mol. The first-order chi connectivity index (χ1) is 12.8. The maximum atomic E-state index is 12.8. The van der Waals surface area contributed by atoms with E-state index in [1.165, 1.54) is 18.5 Å². The number of para-hydroxylation sites is 1. The molecule has 1 aromatic carbocycles. The van der Waals surface area contributed by atoms with Gasteiger partial charge in [-0.15, -0.1) is 0 Å². The Hall–Kier alpha value is -2.89. The second-order valence-corrected chi connectivity index (χ2v) is 7.23. The van der Waals surface area contributed by atoms with E-state index >= 15 is 0 Å². The van der Waals surface area contributed by atoms with E-state index in [4.69, 9.17) is 0 Å². The van der Waals surface area contributed by atoms with Crippen LogP contribution in [-0.2, 0) is 19.5 Å². The zero-order valence-electron chi connectivity index (χ0n) is 14.6. The first-order valence-electron chi connectivity index (χ1n) is 9.21. The fraction of sp³-hybridized carbons (Fsp3) is 0.350. The minimum Gasteiger partial charge on any atom is -0.334 e. The highest BCUT2D eigenvalue weighted by Crippen LogP contribution is 2.30. The molecule has 26 heavy (non-hydrogen) atoms. The Kier molecular flexibility index (Phi) is 3.62. The molecule has 1 aliphatic heterocycles. The molecule has 0 spiro atoms. The van der Waals surface area contributed by atoms with Crippen molar-refractivity contribution in [3.8, 4) is 5.69 Å². The topological polar surface area (TPSA) is 56.0 Å². The van der Waals surface area contributed by atoms with Gasteiger partial charge in [0.25, 0.3) is 5.91 Å². The zero-order valence-corrected chi connectivity index (χ0v) is 14.6. The first kappa shape index (κ1) is 15.4. The average molecular weight is 347 g/mol. The number of amides is 1. The molecular weight excluding hydrogens is 326 g/mol. The van der Waals surface area contributed by atoms with Crippen LogP contribution in [-0.4, -0.2) is 36.9 Å². The summed E-state index contributed by atoms with van der Waals surface area (Å²) < 4.78 is 3.90. The molecule has 0 atom stereocenters. The second-order valence-electron chi connectivity index (χ2n) is 7.23. The summed E-state index contributed by atoms with van der Waals surface area (Å²) in [5.41, 5.74) is 4.07. The fourth-order valence-electron chi connectivity index (χ4n) is 3.62. The van der Waals surface area contributed by atoms with Crippen LogP contribution in [0, 0.1) is 5.92 Å². The molecule has 0 radical (unpaired) electrons. The van der Waals surface area contributed by atoms with Gasteiger partial charge < -0.3 is 4.90 Å². The van der Waals surface area contributed by atoms with Crippen LogP contribution in [0.5, 0.6) is 0 Å². The average Bonchev–Trinajstić information content (AvgIpc) is 3.20. The largest absolute Gasteiger partial charge is 0.334 e. The number of aromatic nitrogens is 4. The third-order valence-electron chi connectivity index (χ3n) is 5.25. The molecule has 5 rings (SSSR count). The summed E-state index contributed by atoms with van der Waals surface area (Å²) in [6.07, 6.45) is 8.86. The number of benzene rings is 1. The predicted octanol–water partition coefficient (Wildman–Crippen LogP) is 2.68. The highest BCUT2D eigenvalue weighted by Gasteiger charge is 2.27. The molecule has 3 aromatic rings. The van der Waals surface area contributed by atoms with Crippen molar-refractivity contribution in [2.45, 2.75) is 32.4 Å². The van der Waals surface area contributed by atoms with Crippen LogP contribution in [0.2, 0.25) is 0 Å². The van der Waals surface area contributed by atoms with Crippen LogP contribution in [0.25, 0.3) is 5.69 Å². The van der Waals surface area contributed by atoms with Crippen molar-refractivity contribution in [2.75, 3.05) is 6.54 Å². The fourth-order valence-corrected chi connectivity index (χ4v) is 3.62. The zero-order chi connectivity index (χ0) is 17.5. The van der Waals surface area contributed by atoms with Crippen LogP contribution in [0.4, 0.5) is 0 Å². The Balaban J connectivity index is 1.33. The molecule has 3 heterocycles.